The minimum absolute atomic E-state index is 0.836. The summed E-state index contributed by atoms with van der Waals surface area (Å²) in [6, 6.07) is 4.13. The molecule has 0 amide bonds. The molecule has 2 rings (SSSR count). The molecular weight excluding hydrogens is 230 g/mol. The monoisotopic (exact) mass is 247 g/mol. The summed E-state index contributed by atoms with van der Waals surface area (Å²) >= 11 is 1.78. The Labute approximate surface area is 106 Å². The molecule has 1 N–H and O–H groups in total. The molecular formula is C13H17N3S. The van der Waals surface area contributed by atoms with E-state index in [1.165, 1.54) is 10.4 Å². The molecule has 0 aromatic carbocycles. The van der Waals surface area contributed by atoms with Gasteiger partial charge in [0.25, 0.3) is 0 Å². The van der Waals surface area contributed by atoms with Crippen molar-refractivity contribution in [1.82, 2.24) is 9.97 Å². The second kappa shape index (κ2) is 5.27. The molecule has 0 aliphatic rings. The van der Waals surface area contributed by atoms with Crippen LogP contribution >= 0.6 is 11.3 Å². The zero-order valence-corrected chi connectivity index (χ0v) is 11.3. The van der Waals surface area contributed by atoms with Gasteiger partial charge in [-0.2, -0.15) is 0 Å². The fourth-order valence-electron chi connectivity index (χ4n) is 1.63. The van der Waals surface area contributed by atoms with E-state index < -0.39 is 0 Å². The van der Waals surface area contributed by atoms with Gasteiger partial charge in [-0.25, -0.2) is 9.97 Å². The maximum atomic E-state index is 4.46. The van der Waals surface area contributed by atoms with Gasteiger partial charge in [-0.15, -0.1) is 11.3 Å². The number of hydrogen-bond acceptors (Lipinski definition) is 4. The number of nitrogens with zero attached hydrogens (tertiary/aromatic N) is 2. The summed E-state index contributed by atoms with van der Waals surface area (Å²) in [7, 11) is 0. The van der Waals surface area contributed by atoms with Gasteiger partial charge in [0.05, 0.1) is 6.54 Å². The molecule has 90 valence electrons. The van der Waals surface area contributed by atoms with Crippen molar-refractivity contribution in [2.24, 2.45) is 0 Å². The number of aryl methyl sites for hydroxylation is 3. The maximum Gasteiger partial charge on any atom is 0.130 e. The smallest absolute Gasteiger partial charge is 0.130 e. The first-order valence-corrected chi connectivity index (χ1v) is 6.68. The van der Waals surface area contributed by atoms with E-state index in [1.54, 1.807) is 11.3 Å². The van der Waals surface area contributed by atoms with Crippen molar-refractivity contribution < 1.29 is 0 Å². The molecule has 0 fully saturated rings. The number of aromatic nitrogens is 2. The van der Waals surface area contributed by atoms with E-state index in [2.05, 4.69) is 40.6 Å². The quantitative estimate of drug-likeness (QED) is 0.900. The fraction of sp³-hybridized carbons (Fsp3) is 0.385. The topological polar surface area (TPSA) is 37.8 Å². The van der Waals surface area contributed by atoms with Crippen molar-refractivity contribution in [2.45, 2.75) is 33.7 Å². The SMILES string of the molecule is CCc1nc(C)cc(NCc2sccc2C)n1. The third kappa shape index (κ3) is 3.03. The van der Waals surface area contributed by atoms with Gasteiger partial charge >= 0.3 is 0 Å². The summed E-state index contributed by atoms with van der Waals surface area (Å²) in [5.41, 5.74) is 2.35. The number of rotatable bonds is 4. The van der Waals surface area contributed by atoms with Crippen LogP contribution < -0.4 is 5.32 Å². The van der Waals surface area contributed by atoms with Crippen molar-refractivity contribution in [1.29, 1.82) is 0 Å². The first-order chi connectivity index (χ1) is 8.19. The summed E-state index contributed by atoms with van der Waals surface area (Å²) in [6.07, 6.45) is 0.869. The Morgan fingerprint density at radius 3 is 2.76 bits per heavy atom. The van der Waals surface area contributed by atoms with E-state index in [9.17, 15) is 0 Å². The first kappa shape index (κ1) is 12.0. The van der Waals surface area contributed by atoms with Crippen LogP contribution in [0.4, 0.5) is 5.82 Å². The zero-order chi connectivity index (χ0) is 12.3. The molecule has 0 radical (unpaired) electrons. The van der Waals surface area contributed by atoms with E-state index in [1.807, 2.05) is 13.0 Å². The van der Waals surface area contributed by atoms with Gasteiger partial charge in [0.2, 0.25) is 0 Å². The normalized spacial score (nSPS) is 10.5. The van der Waals surface area contributed by atoms with Crippen LogP contribution in [0.15, 0.2) is 17.5 Å². The van der Waals surface area contributed by atoms with Gasteiger partial charge in [0, 0.05) is 23.1 Å². The number of thiophene rings is 1. The lowest BCUT2D eigenvalue weighted by Crippen LogP contribution is -2.04. The summed E-state index contributed by atoms with van der Waals surface area (Å²) in [5, 5.41) is 5.48. The Bertz CT molecular complexity index is 505. The molecule has 4 heteroatoms. The average Bonchev–Trinajstić information content (AvgIpc) is 2.71. The van der Waals surface area contributed by atoms with E-state index in [0.717, 1.165) is 30.3 Å². The van der Waals surface area contributed by atoms with E-state index in [-0.39, 0.29) is 0 Å². The summed E-state index contributed by atoms with van der Waals surface area (Å²) in [4.78, 5) is 10.2. The van der Waals surface area contributed by atoms with Crippen LogP contribution in [0.5, 0.6) is 0 Å². The molecule has 2 aromatic rings. The Morgan fingerprint density at radius 1 is 1.29 bits per heavy atom. The Balaban J connectivity index is 2.09. The van der Waals surface area contributed by atoms with Crippen LogP contribution in [-0.2, 0) is 13.0 Å². The molecule has 0 aliphatic heterocycles. The van der Waals surface area contributed by atoms with Crippen LogP contribution in [0, 0.1) is 13.8 Å². The van der Waals surface area contributed by atoms with Crippen LogP contribution in [0.25, 0.3) is 0 Å². The first-order valence-electron chi connectivity index (χ1n) is 5.80. The van der Waals surface area contributed by atoms with E-state index in [4.69, 9.17) is 0 Å². The summed E-state index contributed by atoms with van der Waals surface area (Å²) in [6.45, 7) is 7.05. The molecule has 0 atom stereocenters. The summed E-state index contributed by atoms with van der Waals surface area (Å²) in [5.74, 6) is 1.82. The second-order valence-electron chi connectivity index (χ2n) is 4.04. The van der Waals surface area contributed by atoms with Crippen molar-refractivity contribution in [2.75, 3.05) is 5.32 Å². The minimum Gasteiger partial charge on any atom is -0.365 e. The largest absolute Gasteiger partial charge is 0.365 e. The predicted octanol–water partition coefficient (Wildman–Crippen LogP) is 3.33. The molecule has 2 aromatic heterocycles. The van der Waals surface area contributed by atoms with Crippen molar-refractivity contribution >= 4 is 17.2 Å². The lowest BCUT2D eigenvalue weighted by atomic mass is 10.3. The molecule has 0 spiro atoms. The second-order valence-corrected chi connectivity index (χ2v) is 5.05. The Hall–Kier alpha value is -1.42. The van der Waals surface area contributed by atoms with Crippen LogP contribution in [0.3, 0.4) is 0 Å². The minimum atomic E-state index is 0.836. The highest BCUT2D eigenvalue weighted by Gasteiger charge is 2.02. The molecule has 0 saturated heterocycles. The zero-order valence-electron chi connectivity index (χ0n) is 10.4. The van der Waals surface area contributed by atoms with Crippen LogP contribution in [0.2, 0.25) is 0 Å². The number of hydrogen-bond donors (Lipinski definition) is 1. The van der Waals surface area contributed by atoms with E-state index in [0.29, 0.717) is 0 Å². The van der Waals surface area contributed by atoms with Crippen LogP contribution in [-0.4, -0.2) is 9.97 Å². The van der Waals surface area contributed by atoms with Crippen molar-refractivity contribution in [3.05, 3.63) is 39.5 Å². The molecule has 17 heavy (non-hydrogen) atoms. The van der Waals surface area contributed by atoms with Crippen molar-refractivity contribution in [3.8, 4) is 0 Å². The lowest BCUT2D eigenvalue weighted by molar-refractivity contribution is 0.913. The van der Waals surface area contributed by atoms with Gasteiger partial charge < -0.3 is 5.32 Å². The van der Waals surface area contributed by atoms with Crippen molar-refractivity contribution in [3.63, 3.8) is 0 Å². The highest BCUT2D eigenvalue weighted by Crippen LogP contribution is 2.17. The maximum absolute atomic E-state index is 4.46. The standard InChI is InChI=1S/C13H17N3S/c1-4-12-15-10(3)7-13(16-12)14-8-11-9(2)5-6-17-11/h5-7H,4,8H2,1-3H3,(H,14,15,16). The lowest BCUT2D eigenvalue weighted by Gasteiger charge is -2.07. The van der Waals surface area contributed by atoms with Crippen LogP contribution in [0.1, 0.15) is 28.9 Å². The van der Waals surface area contributed by atoms with Gasteiger partial charge in [-0.05, 0) is 30.9 Å². The van der Waals surface area contributed by atoms with Gasteiger partial charge in [-0.1, -0.05) is 6.92 Å². The summed E-state index contributed by atoms with van der Waals surface area (Å²) < 4.78 is 0. The molecule has 0 unspecified atom stereocenters. The van der Waals surface area contributed by atoms with Gasteiger partial charge in [-0.3, -0.25) is 0 Å². The average molecular weight is 247 g/mol. The fourth-order valence-corrected chi connectivity index (χ4v) is 2.48. The Morgan fingerprint density at radius 2 is 2.12 bits per heavy atom. The highest BCUT2D eigenvalue weighted by atomic mass is 32.1. The number of anilines is 1. The molecule has 0 saturated carbocycles. The highest BCUT2D eigenvalue weighted by molar-refractivity contribution is 7.10. The van der Waals surface area contributed by atoms with E-state index >= 15 is 0 Å². The Kier molecular flexibility index (Phi) is 3.74. The third-order valence-corrected chi connectivity index (χ3v) is 3.64. The molecule has 3 nitrogen and oxygen atoms in total. The van der Waals surface area contributed by atoms with Gasteiger partial charge in [0.15, 0.2) is 0 Å². The predicted molar refractivity (Wildman–Crippen MR) is 72.5 cm³/mol. The third-order valence-electron chi connectivity index (χ3n) is 2.61. The molecule has 2 heterocycles. The van der Waals surface area contributed by atoms with Gasteiger partial charge in [0.1, 0.15) is 11.6 Å². The number of nitrogens with one attached hydrogen (secondary N) is 1. The molecule has 0 bridgehead atoms. The molecule has 0 aliphatic carbocycles.